The molecule has 0 aromatic heterocycles. The number of primary amides is 1. The third-order valence-electron chi connectivity index (χ3n) is 5.31. The Labute approximate surface area is 175 Å². The first-order valence-electron chi connectivity index (χ1n) is 9.38. The second kappa shape index (κ2) is 8.95. The maximum atomic E-state index is 13.5. The van der Waals surface area contributed by atoms with Crippen molar-refractivity contribution >= 4 is 27.5 Å². The number of rotatable bonds is 6. The van der Waals surface area contributed by atoms with Gasteiger partial charge in [0, 0.05) is 17.6 Å². The zero-order chi connectivity index (χ0) is 21.0. The van der Waals surface area contributed by atoms with Crippen LogP contribution in [0.1, 0.15) is 36.8 Å². The van der Waals surface area contributed by atoms with Gasteiger partial charge < -0.3 is 5.73 Å². The number of sulfonamides is 1. The van der Waals surface area contributed by atoms with Gasteiger partial charge in [-0.05, 0) is 54.8 Å². The smallest absolute Gasteiger partial charge is 0.243 e. The summed E-state index contributed by atoms with van der Waals surface area (Å²) in [6.45, 7) is 0.0884. The molecule has 0 radical (unpaired) electrons. The van der Waals surface area contributed by atoms with E-state index in [1.54, 1.807) is 24.3 Å². The lowest BCUT2D eigenvalue weighted by Crippen LogP contribution is -2.49. The molecule has 0 spiro atoms. The van der Waals surface area contributed by atoms with Gasteiger partial charge in [0.1, 0.15) is 0 Å². The van der Waals surface area contributed by atoms with Crippen LogP contribution in [-0.2, 0) is 21.4 Å². The summed E-state index contributed by atoms with van der Waals surface area (Å²) in [5.41, 5.74) is 6.84. The van der Waals surface area contributed by atoms with Crippen molar-refractivity contribution in [3.05, 3.63) is 64.7 Å². The predicted octanol–water partition coefficient (Wildman–Crippen LogP) is 3.45. The van der Waals surface area contributed by atoms with Gasteiger partial charge in [0.2, 0.25) is 15.9 Å². The van der Waals surface area contributed by atoms with Crippen LogP contribution in [0.5, 0.6) is 0 Å². The fraction of sp³-hybridized carbons (Fsp3) is 0.333. The third kappa shape index (κ3) is 4.78. The van der Waals surface area contributed by atoms with Crippen molar-refractivity contribution in [1.82, 2.24) is 4.31 Å². The lowest BCUT2D eigenvalue weighted by Gasteiger charge is -2.38. The van der Waals surface area contributed by atoms with Gasteiger partial charge in [-0.15, -0.1) is 0 Å². The van der Waals surface area contributed by atoms with Crippen molar-refractivity contribution in [3.8, 4) is 6.07 Å². The van der Waals surface area contributed by atoms with Gasteiger partial charge in [0.05, 0.1) is 22.4 Å². The molecule has 0 unspecified atom stereocenters. The molecule has 6 nitrogen and oxygen atoms in total. The quantitative estimate of drug-likeness (QED) is 0.756. The van der Waals surface area contributed by atoms with Gasteiger partial charge in [-0.25, -0.2) is 8.42 Å². The molecule has 0 heterocycles. The Kier molecular flexibility index (Phi) is 6.58. The van der Waals surface area contributed by atoms with Crippen LogP contribution in [0.4, 0.5) is 0 Å². The largest absolute Gasteiger partial charge is 0.369 e. The SMILES string of the molecule is N#Cc1ccc(CN([C@H]2CCCC[C@H]2C(N)=O)S(=O)(=O)c2ccc(Cl)cc2)cc1. The maximum Gasteiger partial charge on any atom is 0.243 e. The Morgan fingerprint density at radius 2 is 1.72 bits per heavy atom. The van der Waals surface area contributed by atoms with Crippen molar-refractivity contribution in [1.29, 1.82) is 5.26 Å². The van der Waals surface area contributed by atoms with Crippen LogP contribution in [0.2, 0.25) is 5.02 Å². The van der Waals surface area contributed by atoms with Crippen LogP contribution >= 0.6 is 11.6 Å². The fourth-order valence-corrected chi connectivity index (χ4v) is 5.58. The monoisotopic (exact) mass is 431 g/mol. The Bertz CT molecular complexity index is 1010. The molecule has 2 N–H and O–H groups in total. The van der Waals surface area contributed by atoms with E-state index in [0.717, 1.165) is 18.4 Å². The van der Waals surface area contributed by atoms with E-state index in [1.807, 2.05) is 6.07 Å². The molecule has 0 aliphatic heterocycles. The number of benzene rings is 2. The number of nitrogens with two attached hydrogens (primary N) is 1. The normalized spacial score (nSPS) is 19.6. The fourth-order valence-electron chi connectivity index (χ4n) is 3.77. The molecule has 2 atom stereocenters. The standard InChI is InChI=1S/C21H22ClN3O3S/c22-17-9-11-18(12-10-17)29(27,28)25(14-16-7-5-15(13-23)6-8-16)20-4-2-1-3-19(20)21(24)26/h5-12,19-20H,1-4,14H2,(H2,24,26)/t19-,20+/m1/s1. The van der Waals surface area contributed by atoms with E-state index in [2.05, 4.69) is 0 Å². The van der Waals surface area contributed by atoms with Gasteiger partial charge in [-0.1, -0.05) is 36.6 Å². The van der Waals surface area contributed by atoms with Gasteiger partial charge in [0.15, 0.2) is 0 Å². The summed E-state index contributed by atoms with van der Waals surface area (Å²) in [4.78, 5) is 12.2. The number of nitriles is 1. The summed E-state index contributed by atoms with van der Waals surface area (Å²) in [6.07, 6.45) is 2.81. The molecule has 1 amide bonds. The average Bonchev–Trinajstić information content (AvgIpc) is 2.72. The van der Waals surface area contributed by atoms with Crippen LogP contribution in [0.3, 0.4) is 0 Å². The maximum absolute atomic E-state index is 13.5. The number of nitrogens with zero attached hydrogens (tertiary/aromatic N) is 2. The number of halogens is 1. The summed E-state index contributed by atoms with van der Waals surface area (Å²) in [5, 5.41) is 9.43. The molecule has 1 saturated carbocycles. The van der Waals surface area contributed by atoms with E-state index in [0.29, 0.717) is 23.4 Å². The van der Waals surface area contributed by atoms with Crippen LogP contribution in [0, 0.1) is 17.2 Å². The first-order chi connectivity index (χ1) is 13.8. The molecule has 152 valence electrons. The molecular formula is C21H22ClN3O3S. The molecular weight excluding hydrogens is 410 g/mol. The van der Waals surface area contributed by atoms with Crippen LogP contribution in [0.15, 0.2) is 53.4 Å². The second-order valence-corrected chi connectivity index (χ2v) is 9.50. The molecule has 8 heteroatoms. The number of amides is 1. The highest BCUT2D eigenvalue weighted by molar-refractivity contribution is 7.89. The summed E-state index contributed by atoms with van der Waals surface area (Å²) in [5.74, 6) is -1.02. The van der Waals surface area contributed by atoms with Gasteiger partial charge >= 0.3 is 0 Å². The molecule has 2 aromatic rings. The Hall–Kier alpha value is -2.40. The Morgan fingerprint density at radius 1 is 1.10 bits per heavy atom. The Balaban J connectivity index is 2.03. The van der Waals surface area contributed by atoms with E-state index >= 15 is 0 Å². The van der Waals surface area contributed by atoms with Crippen LogP contribution in [0.25, 0.3) is 0 Å². The minimum atomic E-state index is -3.90. The minimum absolute atomic E-state index is 0.0884. The van der Waals surface area contributed by atoms with Gasteiger partial charge in [-0.3, -0.25) is 4.79 Å². The average molecular weight is 432 g/mol. The molecule has 0 bridgehead atoms. The molecule has 3 rings (SSSR count). The first-order valence-corrected chi connectivity index (χ1v) is 11.2. The highest BCUT2D eigenvalue weighted by Gasteiger charge is 2.40. The second-order valence-electron chi connectivity index (χ2n) is 7.17. The lowest BCUT2D eigenvalue weighted by atomic mass is 9.84. The molecule has 2 aromatic carbocycles. The topological polar surface area (TPSA) is 104 Å². The number of hydrogen-bond acceptors (Lipinski definition) is 4. The van der Waals surface area contributed by atoms with Crippen molar-refractivity contribution in [2.45, 2.75) is 43.2 Å². The first kappa shape index (κ1) is 21.3. The van der Waals surface area contributed by atoms with Crippen LogP contribution in [-0.4, -0.2) is 24.7 Å². The van der Waals surface area contributed by atoms with E-state index in [4.69, 9.17) is 22.6 Å². The van der Waals surface area contributed by atoms with Crippen LogP contribution < -0.4 is 5.73 Å². The molecule has 1 aliphatic carbocycles. The summed E-state index contributed by atoms with van der Waals surface area (Å²) in [6, 6.07) is 14.3. The minimum Gasteiger partial charge on any atom is -0.369 e. The van der Waals surface area contributed by atoms with Crippen molar-refractivity contribution in [2.24, 2.45) is 11.7 Å². The highest BCUT2D eigenvalue weighted by atomic mass is 35.5. The predicted molar refractivity (Wildman–Crippen MR) is 110 cm³/mol. The number of hydrogen-bond donors (Lipinski definition) is 1. The van der Waals surface area contributed by atoms with Gasteiger partial charge in [0.25, 0.3) is 0 Å². The highest BCUT2D eigenvalue weighted by Crippen LogP contribution is 2.33. The summed E-state index contributed by atoms with van der Waals surface area (Å²) < 4.78 is 28.4. The van der Waals surface area contributed by atoms with E-state index in [-0.39, 0.29) is 11.4 Å². The zero-order valence-corrected chi connectivity index (χ0v) is 17.4. The third-order valence-corrected chi connectivity index (χ3v) is 7.44. The van der Waals surface area contributed by atoms with Gasteiger partial charge in [-0.2, -0.15) is 9.57 Å². The lowest BCUT2D eigenvalue weighted by molar-refractivity contribution is -0.124. The van der Waals surface area contributed by atoms with E-state index < -0.39 is 27.9 Å². The summed E-state index contributed by atoms with van der Waals surface area (Å²) in [7, 11) is -3.90. The number of carbonyl (C=O) groups excluding carboxylic acids is 1. The van der Waals surface area contributed by atoms with E-state index in [9.17, 15) is 13.2 Å². The Morgan fingerprint density at radius 3 is 2.31 bits per heavy atom. The zero-order valence-electron chi connectivity index (χ0n) is 15.8. The molecule has 1 aliphatic rings. The van der Waals surface area contributed by atoms with Crippen molar-refractivity contribution in [3.63, 3.8) is 0 Å². The van der Waals surface area contributed by atoms with Crippen molar-refractivity contribution < 1.29 is 13.2 Å². The van der Waals surface area contributed by atoms with E-state index in [1.165, 1.54) is 28.6 Å². The molecule has 29 heavy (non-hydrogen) atoms. The molecule has 0 saturated heterocycles. The van der Waals surface area contributed by atoms with Crippen molar-refractivity contribution in [2.75, 3.05) is 0 Å². The number of carbonyl (C=O) groups is 1. The summed E-state index contributed by atoms with van der Waals surface area (Å²) >= 11 is 5.92. The molecule has 1 fully saturated rings.